The van der Waals surface area contributed by atoms with Gasteiger partial charge < -0.3 is 21.3 Å². The van der Waals surface area contributed by atoms with E-state index in [1.165, 1.54) is 44.7 Å². The first-order chi connectivity index (χ1) is 22.1. The SMILES string of the molecule is CC(C)(C)c1ccc(C(P)(C23CC4CC(CC(C4)C2)C3)C23CC4CC(CC(C4)C2)C3)c(CP(C2CNCCN2)C2CNCCN2)c1. The van der Waals surface area contributed by atoms with Crippen LogP contribution in [0.4, 0.5) is 0 Å². The summed E-state index contributed by atoms with van der Waals surface area (Å²) in [5, 5.41) is 15.9. The standard InChI is InChI=1S/C40H64N4P2/c1-37(2,3)33-4-5-34(32(16-33)25-46(35-23-41-6-8-43-35)36-24-42-7-9-44-36)40(45,38-17-26-10-27(18-38)12-28(11-26)19-38)39-20-29-13-30(21-39)15-31(14-29)22-39/h4-5,16,26-31,35-36,41-44H,6-15,17-25,45H2,1-3H3. The molecule has 4 N–H and O–H groups in total. The quantitative estimate of drug-likeness (QED) is 0.229. The fourth-order valence-corrected chi connectivity index (χ4v) is 18.2. The van der Waals surface area contributed by atoms with Gasteiger partial charge in [0.2, 0.25) is 0 Å². The van der Waals surface area contributed by atoms with Crippen LogP contribution in [0.25, 0.3) is 0 Å². The molecule has 8 aliphatic carbocycles. The predicted molar refractivity (Wildman–Crippen MR) is 198 cm³/mol. The summed E-state index contributed by atoms with van der Waals surface area (Å²) in [6.45, 7) is 14.0. The molecule has 46 heavy (non-hydrogen) atoms. The highest BCUT2D eigenvalue weighted by molar-refractivity contribution is 7.58. The molecule has 8 bridgehead atoms. The summed E-state index contributed by atoms with van der Waals surface area (Å²) in [4.78, 5) is 0. The fraction of sp³-hybridized carbons (Fsp3) is 0.850. The molecule has 3 atom stereocenters. The summed E-state index contributed by atoms with van der Waals surface area (Å²) in [6, 6.07) is 8.16. The van der Waals surface area contributed by atoms with Crippen LogP contribution in [0.2, 0.25) is 0 Å². The molecule has 4 nitrogen and oxygen atoms in total. The third-order valence-corrected chi connectivity index (χ3v) is 19.9. The maximum absolute atomic E-state index is 4.05. The van der Waals surface area contributed by atoms with E-state index in [1.807, 2.05) is 5.56 Å². The molecule has 254 valence electrons. The molecule has 0 amide bonds. The molecule has 2 heterocycles. The van der Waals surface area contributed by atoms with E-state index in [0.717, 1.165) is 74.8 Å². The van der Waals surface area contributed by atoms with Crippen molar-refractivity contribution in [2.24, 2.45) is 46.3 Å². The van der Waals surface area contributed by atoms with Crippen molar-refractivity contribution in [3.8, 4) is 0 Å². The van der Waals surface area contributed by atoms with E-state index >= 15 is 0 Å². The van der Waals surface area contributed by atoms with Crippen molar-refractivity contribution in [3.63, 3.8) is 0 Å². The third-order valence-electron chi connectivity index (χ3n) is 15.3. The van der Waals surface area contributed by atoms with Crippen molar-refractivity contribution >= 4 is 17.2 Å². The highest BCUT2D eigenvalue weighted by Gasteiger charge is 2.69. The van der Waals surface area contributed by atoms with E-state index < -0.39 is 0 Å². The van der Waals surface area contributed by atoms with Gasteiger partial charge in [-0.05, 0) is 152 Å². The van der Waals surface area contributed by atoms with Gasteiger partial charge in [-0.3, -0.25) is 0 Å². The minimum Gasteiger partial charge on any atom is -0.314 e. The smallest absolute Gasteiger partial charge is 0.0413 e. The molecule has 10 fully saturated rings. The van der Waals surface area contributed by atoms with Gasteiger partial charge in [0.25, 0.3) is 0 Å². The van der Waals surface area contributed by atoms with Crippen LogP contribution in [0.3, 0.4) is 0 Å². The molecule has 2 saturated heterocycles. The van der Waals surface area contributed by atoms with E-state index in [9.17, 15) is 0 Å². The van der Waals surface area contributed by atoms with Gasteiger partial charge in [0.1, 0.15) is 0 Å². The van der Waals surface area contributed by atoms with E-state index in [0.29, 0.717) is 22.4 Å². The Hall–Kier alpha value is -0.0800. The predicted octanol–water partition coefficient (Wildman–Crippen LogP) is 7.51. The third kappa shape index (κ3) is 5.18. The number of piperazine rings is 2. The molecule has 0 aromatic heterocycles. The van der Waals surface area contributed by atoms with E-state index in [4.69, 9.17) is 0 Å². The van der Waals surface area contributed by atoms with Gasteiger partial charge in [-0.15, -0.1) is 9.24 Å². The molecular formula is C40H64N4P2. The Balaban J connectivity index is 1.21. The van der Waals surface area contributed by atoms with Gasteiger partial charge in [0.05, 0.1) is 0 Å². The average molecular weight is 663 g/mol. The monoisotopic (exact) mass is 662 g/mol. The first-order valence-corrected chi connectivity index (χ1v) is 21.9. The van der Waals surface area contributed by atoms with Crippen LogP contribution in [-0.2, 0) is 16.7 Å². The second-order valence-electron chi connectivity index (χ2n) is 19.3. The van der Waals surface area contributed by atoms with Crippen molar-refractivity contribution in [1.82, 2.24) is 21.3 Å². The lowest BCUT2D eigenvalue weighted by molar-refractivity contribution is -0.158. The first kappa shape index (κ1) is 31.9. The molecule has 8 saturated carbocycles. The average Bonchev–Trinajstić information content (AvgIpc) is 3.02. The molecule has 11 rings (SSSR count). The van der Waals surface area contributed by atoms with Crippen molar-refractivity contribution in [2.45, 2.75) is 126 Å². The largest absolute Gasteiger partial charge is 0.314 e. The Labute approximate surface area is 284 Å². The van der Waals surface area contributed by atoms with Gasteiger partial charge in [-0.25, -0.2) is 0 Å². The molecule has 1 aromatic carbocycles. The summed E-state index contributed by atoms with van der Waals surface area (Å²) < 4.78 is 0. The number of rotatable bonds is 7. The van der Waals surface area contributed by atoms with Crippen LogP contribution < -0.4 is 21.3 Å². The zero-order valence-electron chi connectivity index (χ0n) is 29.3. The molecule has 3 unspecified atom stereocenters. The Bertz CT molecular complexity index is 1160. The van der Waals surface area contributed by atoms with Crippen LogP contribution in [0, 0.1) is 46.3 Å². The van der Waals surface area contributed by atoms with Gasteiger partial charge in [-0.1, -0.05) is 46.9 Å². The molecule has 1 aromatic rings. The number of nitrogens with one attached hydrogen (secondary N) is 4. The molecular weight excluding hydrogens is 598 g/mol. The van der Waals surface area contributed by atoms with Crippen LogP contribution in [0.1, 0.15) is 115 Å². The Morgan fingerprint density at radius 3 is 1.48 bits per heavy atom. The zero-order valence-corrected chi connectivity index (χ0v) is 31.4. The molecule has 2 aliphatic heterocycles. The lowest BCUT2D eigenvalue weighted by atomic mass is 9.37. The van der Waals surface area contributed by atoms with Crippen LogP contribution in [0.15, 0.2) is 18.2 Å². The van der Waals surface area contributed by atoms with Gasteiger partial charge in [0.15, 0.2) is 0 Å². The first-order valence-electron chi connectivity index (χ1n) is 19.7. The Morgan fingerprint density at radius 1 is 0.674 bits per heavy atom. The van der Waals surface area contributed by atoms with E-state index in [1.54, 1.807) is 49.7 Å². The summed E-state index contributed by atoms with van der Waals surface area (Å²) in [6.07, 6.45) is 19.6. The van der Waals surface area contributed by atoms with Crippen LogP contribution in [0.5, 0.6) is 0 Å². The molecule has 0 radical (unpaired) electrons. The second kappa shape index (κ2) is 11.7. The Kier molecular flexibility index (Phi) is 8.13. The summed E-state index contributed by atoms with van der Waals surface area (Å²) >= 11 is 0. The Morgan fingerprint density at radius 2 is 1.11 bits per heavy atom. The normalized spacial score (nSPS) is 45.1. The number of benzene rings is 1. The fourth-order valence-electron chi connectivity index (χ4n) is 14.3. The van der Waals surface area contributed by atoms with Gasteiger partial charge in [-0.2, -0.15) is 0 Å². The van der Waals surface area contributed by atoms with E-state index in [2.05, 4.69) is 69.5 Å². The van der Waals surface area contributed by atoms with Crippen molar-refractivity contribution in [2.75, 3.05) is 39.3 Å². The summed E-state index contributed by atoms with van der Waals surface area (Å²) in [7, 11) is 3.61. The maximum Gasteiger partial charge on any atom is 0.0413 e. The summed E-state index contributed by atoms with van der Waals surface area (Å²) in [5.74, 6) is 7.09. The number of hydrogen-bond acceptors (Lipinski definition) is 4. The second-order valence-corrected chi connectivity index (χ2v) is 22.8. The lowest BCUT2D eigenvalue weighted by Gasteiger charge is -2.72. The minimum absolute atomic E-state index is 0.163. The van der Waals surface area contributed by atoms with Gasteiger partial charge >= 0.3 is 0 Å². The van der Waals surface area contributed by atoms with Crippen LogP contribution in [-0.4, -0.2) is 50.8 Å². The highest BCUT2D eigenvalue weighted by atomic mass is 31.1. The van der Waals surface area contributed by atoms with Crippen molar-refractivity contribution < 1.29 is 0 Å². The van der Waals surface area contributed by atoms with Crippen molar-refractivity contribution in [1.29, 1.82) is 0 Å². The minimum atomic E-state index is -0.308. The lowest BCUT2D eigenvalue weighted by Crippen LogP contribution is -2.64. The zero-order chi connectivity index (χ0) is 31.3. The topological polar surface area (TPSA) is 48.1 Å². The molecule has 10 aliphatic rings. The number of hydrogen-bond donors (Lipinski definition) is 4. The highest BCUT2D eigenvalue weighted by Crippen LogP contribution is 2.78. The maximum atomic E-state index is 4.05. The van der Waals surface area contributed by atoms with Crippen molar-refractivity contribution in [3.05, 3.63) is 34.9 Å². The summed E-state index contributed by atoms with van der Waals surface area (Å²) in [5.41, 5.74) is 6.21. The molecule has 6 heteroatoms. The van der Waals surface area contributed by atoms with E-state index in [-0.39, 0.29) is 18.5 Å². The molecule has 0 spiro atoms. The van der Waals surface area contributed by atoms with Gasteiger partial charge in [0, 0.05) is 56.0 Å². The van der Waals surface area contributed by atoms with Crippen LogP contribution >= 0.6 is 17.2 Å².